The van der Waals surface area contributed by atoms with Gasteiger partial charge >= 0.3 is 0 Å². The van der Waals surface area contributed by atoms with Gasteiger partial charge in [0.2, 0.25) is 0 Å². The number of benzene rings is 1. The molecule has 2 nitrogen and oxygen atoms in total. The lowest BCUT2D eigenvalue weighted by Gasteiger charge is -2.17. The average Bonchev–Trinajstić information content (AvgIpc) is 2.26. The van der Waals surface area contributed by atoms with Crippen LogP contribution in [0.5, 0.6) is 0 Å². The maximum Gasteiger partial charge on any atom is 0.152 e. The Labute approximate surface area is 85.3 Å². The van der Waals surface area contributed by atoms with Gasteiger partial charge in [-0.3, -0.25) is 4.79 Å². The normalized spacial score (nSPS) is 10.2. The first kappa shape index (κ1) is 10.8. The number of nitrogens with one attached hydrogen (secondary N) is 1. The fourth-order valence-electron chi connectivity index (χ4n) is 1.44. The van der Waals surface area contributed by atoms with E-state index in [0.29, 0.717) is 6.04 Å². The van der Waals surface area contributed by atoms with Crippen molar-refractivity contribution in [2.24, 2.45) is 0 Å². The standard InChI is InChI=1S/C12H17NO/c1-3-11(4-2)13-12-8-6-5-7-10(12)9-14/h5-9,11,13H,3-4H2,1-2H3. The quantitative estimate of drug-likeness (QED) is 0.724. The van der Waals surface area contributed by atoms with Crippen molar-refractivity contribution in [1.82, 2.24) is 0 Å². The van der Waals surface area contributed by atoms with Crippen molar-refractivity contribution in [3.8, 4) is 0 Å². The van der Waals surface area contributed by atoms with E-state index in [9.17, 15) is 4.79 Å². The van der Waals surface area contributed by atoms with E-state index in [0.717, 1.165) is 30.4 Å². The number of aldehydes is 1. The minimum atomic E-state index is 0.455. The Hall–Kier alpha value is -1.31. The fraction of sp³-hybridized carbons (Fsp3) is 0.417. The molecule has 1 rings (SSSR count). The zero-order valence-corrected chi connectivity index (χ0v) is 8.79. The molecular formula is C12H17NO. The van der Waals surface area contributed by atoms with Crippen LogP contribution in [0.3, 0.4) is 0 Å². The molecule has 0 amide bonds. The third kappa shape index (κ3) is 2.59. The summed E-state index contributed by atoms with van der Waals surface area (Å²) in [6.07, 6.45) is 3.04. The van der Waals surface area contributed by atoms with Crippen LogP contribution in [-0.4, -0.2) is 12.3 Å². The Bertz CT molecular complexity index is 292. The summed E-state index contributed by atoms with van der Waals surface area (Å²) < 4.78 is 0. The smallest absolute Gasteiger partial charge is 0.152 e. The van der Waals surface area contributed by atoms with Crippen molar-refractivity contribution in [1.29, 1.82) is 0 Å². The van der Waals surface area contributed by atoms with Crippen LogP contribution in [0.15, 0.2) is 24.3 Å². The van der Waals surface area contributed by atoms with Crippen LogP contribution >= 0.6 is 0 Å². The van der Waals surface area contributed by atoms with E-state index in [-0.39, 0.29) is 0 Å². The van der Waals surface area contributed by atoms with E-state index >= 15 is 0 Å². The summed E-state index contributed by atoms with van der Waals surface area (Å²) in [6.45, 7) is 4.29. The zero-order chi connectivity index (χ0) is 10.4. The summed E-state index contributed by atoms with van der Waals surface area (Å²) in [6, 6.07) is 8.05. The molecule has 1 aromatic carbocycles. The van der Waals surface area contributed by atoms with Gasteiger partial charge in [-0.05, 0) is 25.0 Å². The van der Waals surface area contributed by atoms with Gasteiger partial charge in [0.15, 0.2) is 6.29 Å². The molecule has 1 aromatic rings. The van der Waals surface area contributed by atoms with E-state index in [2.05, 4.69) is 19.2 Å². The van der Waals surface area contributed by atoms with Gasteiger partial charge in [-0.25, -0.2) is 0 Å². The molecule has 0 saturated heterocycles. The molecule has 1 N–H and O–H groups in total. The largest absolute Gasteiger partial charge is 0.382 e. The van der Waals surface area contributed by atoms with Crippen molar-refractivity contribution in [3.05, 3.63) is 29.8 Å². The molecule has 0 fully saturated rings. The molecule has 0 unspecified atom stereocenters. The van der Waals surface area contributed by atoms with Gasteiger partial charge in [0, 0.05) is 17.3 Å². The topological polar surface area (TPSA) is 29.1 Å². The highest BCUT2D eigenvalue weighted by atomic mass is 16.1. The Balaban J connectivity index is 2.79. The Kier molecular flexibility index (Phi) is 4.17. The van der Waals surface area contributed by atoms with Crippen LogP contribution in [0.4, 0.5) is 5.69 Å². The molecule has 0 aliphatic carbocycles. The number of carbonyl (C=O) groups is 1. The first-order chi connectivity index (χ1) is 6.81. The molecule has 0 radical (unpaired) electrons. The number of rotatable bonds is 5. The molecule has 0 spiro atoms. The van der Waals surface area contributed by atoms with Crippen LogP contribution in [0.1, 0.15) is 37.0 Å². The number of anilines is 1. The summed E-state index contributed by atoms with van der Waals surface area (Å²) in [5.74, 6) is 0. The number of hydrogen-bond donors (Lipinski definition) is 1. The van der Waals surface area contributed by atoms with Gasteiger partial charge in [0.1, 0.15) is 0 Å². The van der Waals surface area contributed by atoms with Crippen LogP contribution in [-0.2, 0) is 0 Å². The second kappa shape index (κ2) is 5.43. The molecule has 0 saturated carbocycles. The van der Waals surface area contributed by atoms with Gasteiger partial charge in [0.25, 0.3) is 0 Å². The highest BCUT2D eigenvalue weighted by Crippen LogP contribution is 2.15. The monoisotopic (exact) mass is 191 g/mol. The molecule has 0 aromatic heterocycles. The van der Waals surface area contributed by atoms with Gasteiger partial charge in [-0.2, -0.15) is 0 Å². The van der Waals surface area contributed by atoms with E-state index in [4.69, 9.17) is 0 Å². The first-order valence-electron chi connectivity index (χ1n) is 5.12. The lowest BCUT2D eigenvalue weighted by molar-refractivity contribution is 0.112. The molecule has 0 aliphatic rings. The molecule has 0 aliphatic heterocycles. The van der Waals surface area contributed by atoms with Crippen LogP contribution in [0, 0.1) is 0 Å². The Morgan fingerprint density at radius 1 is 1.29 bits per heavy atom. The van der Waals surface area contributed by atoms with Gasteiger partial charge in [0.05, 0.1) is 0 Å². The van der Waals surface area contributed by atoms with Gasteiger partial charge < -0.3 is 5.32 Å². The van der Waals surface area contributed by atoms with Crippen molar-refractivity contribution in [3.63, 3.8) is 0 Å². The molecule has 76 valence electrons. The van der Waals surface area contributed by atoms with E-state index in [1.54, 1.807) is 0 Å². The molecule has 0 bridgehead atoms. The summed E-state index contributed by atoms with van der Waals surface area (Å²) in [4.78, 5) is 10.7. The molecular weight excluding hydrogens is 174 g/mol. The predicted octanol–water partition coefficient (Wildman–Crippen LogP) is 3.10. The molecule has 0 heterocycles. The highest BCUT2D eigenvalue weighted by molar-refractivity contribution is 5.84. The summed E-state index contributed by atoms with van der Waals surface area (Å²) in [7, 11) is 0. The molecule has 0 atom stereocenters. The van der Waals surface area contributed by atoms with Gasteiger partial charge in [-0.15, -0.1) is 0 Å². The van der Waals surface area contributed by atoms with Crippen molar-refractivity contribution < 1.29 is 4.79 Å². The van der Waals surface area contributed by atoms with E-state index < -0.39 is 0 Å². The molecule has 14 heavy (non-hydrogen) atoms. The lowest BCUT2D eigenvalue weighted by atomic mass is 10.1. The minimum absolute atomic E-state index is 0.455. The SMILES string of the molecule is CCC(CC)Nc1ccccc1C=O. The van der Waals surface area contributed by atoms with E-state index in [1.165, 1.54) is 0 Å². The van der Waals surface area contributed by atoms with Crippen molar-refractivity contribution >= 4 is 12.0 Å². The number of hydrogen-bond acceptors (Lipinski definition) is 2. The van der Waals surface area contributed by atoms with Crippen LogP contribution in [0.25, 0.3) is 0 Å². The Morgan fingerprint density at radius 3 is 2.50 bits per heavy atom. The highest BCUT2D eigenvalue weighted by Gasteiger charge is 2.05. The fourth-order valence-corrected chi connectivity index (χ4v) is 1.44. The number of para-hydroxylation sites is 1. The maximum absolute atomic E-state index is 10.7. The van der Waals surface area contributed by atoms with Crippen molar-refractivity contribution in [2.45, 2.75) is 32.7 Å². The predicted molar refractivity (Wildman–Crippen MR) is 59.8 cm³/mol. The van der Waals surface area contributed by atoms with Crippen molar-refractivity contribution in [2.75, 3.05) is 5.32 Å². The third-order valence-electron chi connectivity index (χ3n) is 2.43. The first-order valence-corrected chi connectivity index (χ1v) is 5.12. The summed E-state index contributed by atoms with van der Waals surface area (Å²) >= 11 is 0. The third-order valence-corrected chi connectivity index (χ3v) is 2.43. The average molecular weight is 191 g/mol. The lowest BCUT2D eigenvalue weighted by Crippen LogP contribution is -2.17. The minimum Gasteiger partial charge on any atom is -0.382 e. The maximum atomic E-state index is 10.7. The summed E-state index contributed by atoms with van der Waals surface area (Å²) in [5.41, 5.74) is 1.68. The van der Waals surface area contributed by atoms with Gasteiger partial charge in [-0.1, -0.05) is 26.0 Å². The molecule has 2 heteroatoms. The van der Waals surface area contributed by atoms with Crippen LogP contribution < -0.4 is 5.32 Å². The summed E-state index contributed by atoms with van der Waals surface area (Å²) in [5, 5.41) is 3.37. The van der Waals surface area contributed by atoms with E-state index in [1.807, 2.05) is 24.3 Å². The second-order valence-corrected chi connectivity index (χ2v) is 3.36. The zero-order valence-electron chi connectivity index (χ0n) is 8.79. The second-order valence-electron chi connectivity index (χ2n) is 3.36. The van der Waals surface area contributed by atoms with Crippen LogP contribution in [0.2, 0.25) is 0 Å². The Morgan fingerprint density at radius 2 is 1.93 bits per heavy atom. The number of carbonyl (C=O) groups excluding carboxylic acids is 1.